The van der Waals surface area contributed by atoms with E-state index in [9.17, 15) is 5.26 Å². The molecule has 0 saturated heterocycles. The standard InChI is InChI=1S/C27H16ClN/c28-23-13-18(17-29)12-22(15-23)19-7-5-8-20(14-19)27-16-21-6-1-2-9-24(21)25-10-3-4-11-26(25)27/h1-16H. The molecule has 0 amide bonds. The molecule has 0 bridgehead atoms. The fourth-order valence-corrected chi connectivity index (χ4v) is 4.22. The molecule has 5 aromatic rings. The van der Waals surface area contributed by atoms with Crippen LogP contribution >= 0.6 is 11.6 Å². The molecule has 1 nitrogen and oxygen atoms in total. The van der Waals surface area contributed by atoms with Gasteiger partial charge in [0.25, 0.3) is 0 Å². The SMILES string of the molecule is N#Cc1cc(Cl)cc(-c2cccc(-c3cc4ccccc4c4ccccc34)c2)c1. The summed E-state index contributed by atoms with van der Waals surface area (Å²) in [5, 5.41) is 14.8. The smallest absolute Gasteiger partial charge is 0.0992 e. The number of nitrogens with zero attached hydrogens (tertiary/aromatic N) is 1. The maximum Gasteiger partial charge on any atom is 0.0992 e. The van der Waals surface area contributed by atoms with Crippen molar-refractivity contribution >= 4 is 33.1 Å². The number of rotatable bonds is 2. The molecule has 0 atom stereocenters. The van der Waals surface area contributed by atoms with Gasteiger partial charge in [0, 0.05) is 5.02 Å². The lowest BCUT2D eigenvalue weighted by Gasteiger charge is -2.12. The first-order chi connectivity index (χ1) is 14.2. The van der Waals surface area contributed by atoms with Gasteiger partial charge in [0.2, 0.25) is 0 Å². The predicted octanol–water partition coefficient (Wildman–Crippen LogP) is 7.85. The highest BCUT2D eigenvalue weighted by molar-refractivity contribution is 6.31. The summed E-state index contributed by atoms with van der Waals surface area (Å²) < 4.78 is 0. The first kappa shape index (κ1) is 17.5. The molecule has 0 aromatic heterocycles. The Kier molecular flexibility index (Phi) is 4.28. The zero-order valence-electron chi connectivity index (χ0n) is 15.6. The number of halogens is 1. The summed E-state index contributed by atoms with van der Waals surface area (Å²) in [7, 11) is 0. The summed E-state index contributed by atoms with van der Waals surface area (Å²) >= 11 is 6.23. The molecular weight excluding hydrogens is 374 g/mol. The Morgan fingerprint density at radius 3 is 2.14 bits per heavy atom. The van der Waals surface area contributed by atoms with Gasteiger partial charge in [-0.1, -0.05) is 78.3 Å². The van der Waals surface area contributed by atoms with Crippen molar-refractivity contribution in [2.24, 2.45) is 0 Å². The summed E-state index contributed by atoms with van der Waals surface area (Å²) in [4.78, 5) is 0. The van der Waals surface area contributed by atoms with Crippen LogP contribution in [0.5, 0.6) is 0 Å². The van der Waals surface area contributed by atoms with Crippen LogP contribution in [-0.2, 0) is 0 Å². The average Bonchev–Trinajstić information content (AvgIpc) is 2.78. The van der Waals surface area contributed by atoms with Crippen LogP contribution in [0.2, 0.25) is 5.02 Å². The Balaban J connectivity index is 1.75. The molecule has 29 heavy (non-hydrogen) atoms. The van der Waals surface area contributed by atoms with Crippen LogP contribution in [0, 0.1) is 11.3 Å². The normalized spacial score (nSPS) is 10.9. The van der Waals surface area contributed by atoms with Gasteiger partial charge in [-0.15, -0.1) is 0 Å². The average molecular weight is 390 g/mol. The molecule has 0 saturated carbocycles. The van der Waals surface area contributed by atoms with E-state index in [1.54, 1.807) is 6.07 Å². The molecular formula is C27H16ClN. The lowest BCUT2D eigenvalue weighted by atomic mass is 9.91. The van der Waals surface area contributed by atoms with E-state index < -0.39 is 0 Å². The Morgan fingerprint density at radius 2 is 1.31 bits per heavy atom. The van der Waals surface area contributed by atoms with Crippen molar-refractivity contribution in [3.63, 3.8) is 0 Å². The summed E-state index contributed by atoms with van der Waals surface area (Å²) in [6.45, 7) is 0. The van der Waals surface area contributed by atoms with Crippen molar-refractivity contribution in [1.29, 1.82) is 5.26 Å². The zero-order valence-corrected chi connectivity index (χ0v) is 16.3. The number of nitriles is 1. The maximum atomic E-state index is 9.28. The van der Waals surface area contributed by atoms with Crippen molar-refractivity contribution in [2.75, 3.05) is 0 Å². The van der Waals surface area contributed by atoms with Gasteiger partial charge < -0.3 is 0 Å². The molecule has 0 fully saturated rings. The van der Waals surface area contributed by atoms with Crippen LogP contribution < -0.4 is 0 Å². The van der Waals surface area contributed by atoms with E-state index >= 15 is 0 Å². The van der Waals surface area contributed by atoms with Gasteiger partial charge in [-0.25, -0.2) is 0 Å². The minimum atomic E-state index is 0.564. The van der Waals surface area contributed by atoms with Gasteiger partial charge in [-0.3, -0.25) is 0 Å². The number of hydrogen-bond acceptors (Lipinski definition) is 1. The molecule has 5 rings (SSSR count). The molecule has 0 unspecified atom stereocenters. The molecule has 5 aromatic carbocycles. The fourth-order valence-electron chi connectivity index (χ4n) is 3.98. The first-order valence-electron chi connectivity index (χ1n) is 9.45. The molecule has 2 heteroatoms. The van der Waals surface area contributed by atoms with Crippen LogP contribution in [0.3, 0.4) is 0 Å². The maximum absolute atomic E-state index is 9.28. The third kappa shape index (κ3) is 3.14. The Morgan fingerprint density at radius 1 is 0.586 bits per heavy atom. The van der Waals surface area contributed by atoms with Crippen molar-refractivity contribution in [1.82, 2.24) is 0 Å². The van der Waals surface area contributed by atoms with E-state index in [2.05, 4.69) is 84.9 Å². The second-order valence-corrected chi connectivity index (χ2v) is 7.55. The molecule has 0 N–H and O–H groups in total. The largest absolute Gasteiger partial charge is 0.192 e. The number of hydrogen-bond donors (Lipinski definition) is 0. The number of benzene rings is 5. The summed E-state index contributed by atoms with van der Waals surface area (Å²) in [5.41, 5.74) is 4.89. The monoisotopic (exact) mass is 389 g/mol. The van der Waals surface area contributed by atoms with Crippen LogP contribution in [0.4, 0.5) is 0 Å². The minimum absolute atomic E-state index is 0.564. The first-order valence-corrected chi connectivity index (χ1v) is 9.83. The quantitative estimate of drug-likeness (QED) is 0.282. The lowest BCUT2D eigenvalue weighted by molar-refractivity contribution is 1.48. The Hall–Kier alpha value is -3.60. The third-order valence-electron chi connectivity index (χ3n) is 5.30. The highest BCUT2D eigenvalue weighted by Gasteiger charge is 2.10. The Bertz CT molecular complexity index is 1430. The van der Waals surface area contributed by atoms with Gasteiger partial charge >= 0.3 is 0 Å². The van der Waals surface area contributed by atoms with E-state index in [4.69, 9.17) is 11.6 Å². The van der Waals surface area contributed by atoms with Crippen LogP contribution in [-0.4, -0.2) is 0 Å². The van der Waals surface area contributed by atoms with Crippen LogP contribution in [0.25, 0.3) is 43.8 Å². The van der Waals surface area contributed by atoms with E-state index in [0.717, 1.165) is 16.7 Å². The second-order valence-electron chi connectivity index (χ2n) is 7.11. The zero-order chi connectivity index (χ0) is 19.8. The van der Waals surface area contributed by atoms with Gasteiger partial charge in [0.15, 0.2) is 0 Å². The molecule has 0 aliphatic carbocycles. The molecule has 0 heterocycles. The molecule has 136 valence electrons. The second kappa shape index (κ2) is 7.09. The highest BCUT2D eigenvalue weighted by atomic mass is 35.5. The Labute approximate surface area is 174 Å². The van der Waals surface area contributed by atoms with Gasteiger partial charge in [0.1, 0.15) is 0 Å². The summed E-state index contributed by atoms with van der Waals surface area (Å²) in [5.74, 6) is 0. The van der Waals surface area contributed by atoms with E-state index in [0.29, 0.717) is 10.6 Å². The minimum Gasteiger partial charge on any atom is -0.192 e. The molecule has 0 aliphatic heterocycles. The van der Waals surface area contributed by atoms with Crippen LogP contribution in [0.15, 0.2) is 97.1 Å². The van der Waals surface area contributed by atoms with E-state index in [1.165, 1.54) is 27.1 Å². The fraction of sp³-hybridized carbons (Fsp3) is 0. The van der Waals surface area contributed by atoms with Crippen molar-refractivity contribution in [3.8, 4) is 28.3 Å². The van der Waals surface area contributed by atoms with Crippen molar-refractivity contribution in [3.05, 3.63) is 108 Å². The summed E-state index contributed by atoms with van der Waals surface area (Å²) in [6.07, 6.45) is 0. The highest BCUT2D eigenvalue weighted by Crippen LogP contribution is 2.36. The molecule has 0 radical (unpaired) electrons. The predicted molar refractivity (Wildman–Crippen MR) is 122 cm³/mol. The number of fused-ring (bicyclic) bond motifs is 3. The van der Waals surface area contributed by atoms with Crippen LogP contribution in [0.1, 0.15) is 5.56 Å². The lowest BCUT2D eigenvalue weighted by Crippen LogP contribution is -1.86. The van der Waals surface area contributed by atoms with Gasteiger partial charge in [0.05, 0.1) is 11.6 Å². The molecule has 0 aliphatic rings. The van der Waals surface area contributed by atoms with E-state index in [-0.39, 0.29) is 0 Å². The van der Waals surface area contributed by atoms with E-state index in [1.807, 2.05) is 12.1 Å². The van der Waals surface area contributed by atoms with Crippen molar-refractivity contribution < 1.29 is 0 Å². The van der Waals surface area contributed by atoms with Gasteiger partial charge in [-0.05, 0) is 74.1 Å². The molecule has 0 spiro atoms. The van der Waals surface area contributed by atoms with Gasteiger partial charge in [-0.2, -0.15) is 5.26 Å². The topological polar surface area (TPSA) is 23.8 Å². The van der Waals surface area contributed by atoms with Crippen molar-refractivity contribution in [2.45, 2.75) is 0 Å². The third-order valence-corrected chi connectivity index (χ3v) is 5.52. The summed E-state index contributed by atoms with van der Waals surface area (Å²) in [6, 6.07) is 35.4.